The van der Waals surface area contributed by atoms with Crippen molar-refractivity contribution in [2.24, 2.45) is 0 Å². The largest absolute Gasteiger partial charge is 0.414 e. The molecular formula is C27H47NO7Si3. The summed E-state index contributed by atoms with van der Waals surface area (Å²) in [5, 5.41) is 12.4. The van der Waals surface area contributed by atoms with Crippen LogP contribution in [0.15, 0.2) is 12.3 Å². The Kier molecular flexibility index (Phi) is 9.13. The van der Waals surface area contributed by atoms with Gasteiger partial charge in [0, 0.05) is 6.20 Å². The monoisotopic (exact) mass is 581 g/mol. The summed E-state index contributed by atoms with van der Waals surface area (Å²) in [5.41, 5.74) is 1.89. The van der Waals surface area contributed by atoms with Gasteiger partial charge in [0.05, 0.1) is 13.0 Å². The molecule has 1 amide bonds. The van der Waals surface area contributed by atoms with E-state index in [4.69, 9.17) is 17.7 Å². The fraction of sp³-hybridized carbons (Fsp3) is 0.778. The van der Waals surface area contributed by atoms with E-state index in [2.05, 4.69) is 86.5 Å². The minimum atomic E-state index is -3.07. The summed E-state index contributed by atoms with van der Waals surface area (Å²) in [4.78, 5) is 26.2. The summed E-state index contributed by atoms with van der Waals surface area (Å²) >= 11 is 0. The lowest BCUT2D eigenvalue weighted by atomic mass is 9.94. The van der Waals surface area contributed by atoms with Crippen LogP contribution in [0, 0.1) is 11.5 Å². The van der Waals surface area contributed by atoms with Gasteiger partial charge in [0.2, 0.25) is 5.91 Å². The van der Waals surface area contributed by atoms with E-state index in [9.17, 15) is 14.7 Å². The first-order valence-electron chi connectivity index (χ1n) is 13.9. The number of ether oxygens (including phenoxy) is 1. The van der Waals surface area contributed by atoms with Crippen LogP contribution in [0.1, 0.15) is 61.8 Å². The maximum Gasteiger partial charge on any atom is 0.335 e. The molecule has 4 atom stereocenters. The molecule has 2 saturated heterocycles. The summed E-state index contributed by atoms with van der Waals surface area (Å²) in [6.45, 7) is 23.5. The maximum absolute atomic E-state index is 13.0. The van der Waals surface area contributed by atoms with Gasteiger partial charge in [0.15, 0.2) is 17.6 Å². The lowest BCUT2D eigenvalue weighted by Gasteiger charge is -2.52. The molecule has 0 bridgehead atoms. The van der Waals surface area contributed by atoms with Crippen LogP contribution < -0.4 is 0 Å². The molecule has 8 nitrogen and oxygen atoms in total. The first-order chi connectivity index (χ1) is 17.4. The van der Waals surface area contributed by atoms with Gasteiger partial charge in [-0.05, 0) is 28.2 Å². The van der Waals surface area contributed by atoms with E-state index in [0.717, 1.165) is 0 Å². The van der Waals surface area contributed by atoms with Gasteiger partial charge in [-0.1, -0.05) is 81.0 Å². The third-order valence-corrected chi connectivity index (χ3v) is 18.8. The molecule has 3 heterocycles. The van der Waals surface area contributed by atoms with E-state index < -0.39 is 55.1 Å². The fourth-order valence-electron chi connectivity index (χ4n) is 5.63. The van der Waals surface area contributed by atoms with Crippen LogP contribution in [-0.4, -0.2) is 77.5 Å². The van der Waals surface area contributed by atoms with Crippen molar-refractivity contribution in [2.75, 3.05) is 6.61 Å². The number of hydrogen-bond donors (Lipinski definition) is 1. The number of nitrogens with zero attached hydrogens (tertiary/aromatic N) is 1. The number of amides is 1. The Bertz CT molecular complexity index is 994. The van der Waals surface area contributed by atoms with Crippen molar-refractivity contribution < 1.29 is 32.4 Å². The van der Waals surface area contributed by atoms with E-state index in [1.807, 2.05) is 0 Å². The quantitative estimate of drug-likeness (QED) is 0.288. The van der Waals surface area contributed by atoms with Crippen LogP contribution in [0.4, 0.5) is 0 Å². The van der Waals surface area contributed by atoms with Crippen molar-refractivity contribution >= 4 is 36.9 Å². The molecular weight excluding hydrogens is 535 g/mol. The highest BCUT2D eigenvalue weighted by Gasteiger charge is 2.66. The molecule has 2 fully saturated rings. The van der Waals surface area contributed by atoms with Gasteiger partial charge in [-0.2, -0.15) is 0 Å². The van der Waals surface area contributed by atoms with Gasteiger partial charge in [0.1, 0.15) is 20.3 Å². The minimum absolute atomic E-state index is 0.0524. The molecule has 0 aromatic heterocycles. The molecule has 38 heavy (non-hydrogen) atoms. The van der Waals surface area contributed by atoms with Crippen molar-refractivity contribution in [1.82, 2.24) is 4.90 Å². The SMILES string of the molecule is CC(C)[Si]1(C(C)C)OC[C@H]2O[C@@H](N3C=CC(=O)CC3=O)[C@](O)(C#C[Si](C)(C)C)[C@@H]2O[Si](C(C)C)(C(C)C)O1. The van der Waals surface area contributed by atoms with Crippen LogP contribution in [0.25, 0.3) is 0 Å². The molecule has 3 aliphatic heterocycles. The zero-order chi connectivity index (χ0) is 28.8. The maximum atomic E-state index is 13.0. The summed E-state index contributed by atoms with van der Waals surface area (Å²) in [7, 11) is -7.83. The first-order valence-corrected chi connectivity index (χ1v) is 21.3. The molecule has 0 unspecified atom stereocenters. The number of allylic oxidation sites excluding steroid dienone is 1. The van der Waals surface area contributed by atoms with Gasteiger partial charge in [-0.3, -0.25) is 14.5 Å². The third kappa shape index (κ3) is 5.69. The number of carbonyl (C=O) groups is 2. The van der Waals surface area contributed by atoms with Gasteiger partial charge < -0.3 is 22.8 Å². The van der Waals surface area contributed by atoms with Crippen LogP contribution >= 0.6 is 0 Å². The summed E-state index contributed by atoms with van der Waals surface area (Å²) in [6.07, 6.45) is -0.241. The van der Waals surface area contributed by atoms with Gasteiger partial charge >= 0.3 is 17.1 Å². The molecule has 0 spiro atoms. The average Bonchev–Trinajstić information content (AvgIpc) is 3.02. The summed E-state index contributed by atoms with van der Waals surface area (Å²) in [6, 6.07) is 0. The molecule has 0 saturated carbocycles. The van der Waals surface area contributed by atoms with Crippen molar-refractivity contribution in [3.63, 3.8) is 0 Å². The van der Waals surface area contributed by atoms with Crippen LogP contribution in [0.2, 0.25) is 41.8 Å². The molecule has 0 aliphatic carbocycles. The topological polar surface area (TPSA) is 94.5 Å². The second kappa shape index (κ2) is 11.0. The van der Waals surface area contributed by atoms with E-state index in [1.54, 1.807) is 0 Å². The van der Waals surface area contributed by atoms with Gasteiger partial charge in [-0.15, -0.1) is 5.54 Å². The molecule has 3 aliphatic rings. The van der Waals surface area contributed by atoms with E-state index >= 15 is 0 Å². The predicted molar refractivity (Wildman–Crippen MR) is 154 cm³/mol. The Balaban J connectivity index is 2.23. The third-order valence-electron chi connectivity index (χ3n) is 7.70. The predicted octanol–water partition coefficient (Wildman–Crippen LogP) is 4.59. The smallest absolute Gasteiger partial charge is 0.335 e. The van der Waals surface area contributed by atoms with Crippen LogP contribution in [0.5, 0.6) is 0 Å². The zero-order valence-electron chi connectivity index (χ0n) is 25.0. The second-order valence-electron chi connectivity index (χ2n) is 13.1. The molecule has 0 aromatic carbocycles. The molecule has 0 aromatic rings. The van der Waals surface area contributed by atoms with Crippen molar-refractivity contribution in [3.8, 4) is 11.5 Å². The molecule has 0 radical (unpaired) electrons. The first kappa shape index (κ1) is 31.4. The highest BCUT2D eigenvalue weighted by atomic mass is 28.5. The lowest BCUT2D eigenvalue weighted by Crippen LogP contribution is -2.67. The minimum Gasteiger partial charge on any atom is -0.414 e. The van der Waals surface area contributed by atoms with E-state index in [0.29, 0.717) is 0 Å². The van der Waals surface area contributed by atoms with Crippen molar-refractivity contribution in [3.05, 3.63) is 12.3 Å². The Labute approximate surface area is 231 Å². The highest BCUT2D eigenvalue weighted by Crippen LogP contribution is 2.49. The lowest BCUT2D eigenvalue weighted by molar-refractivity contribution is -0.153. The van der Waals surface area contributed by atoms with Gasteiger partial charge in [-0.25, -0.2) is 0 Å². The van der Waals surface area contributed by atoms with Gasteiger partial charge in [0.25, 0.3) is 0 Å². The average molecular weight is 582 g/mol. The fourth-order valence-corrected chi connectivity index (χ4v) is 17.4. The normalized spacial score (nSPS) is 31.5. The van der Waals surface area contributed by atoms with Crippen LogP contribution in [0.3, 0.4) is 0 Å². The summed E-state index contributed by atoms with van der Waals surface area (Å²) < 4.78 is 27.7. The Morgan fingerprint density at radius 3 is 2.03 bits per heavy atom. The second-order valence-corrected chi connectivity index (χ2v) is 26.7. The summed E-state index contributed by atoms with van der Waals surface area (Å²) in [5.74, 6) is 2.41. The standard InChI is InChI=1S/C27H47NO7Si3/c1-18(2)37(19(3)4)32-17-23-25(34-38(35-37,20(5)6)21(7)8)27(31,13-15-36(9,10)11)26(33-23)28-14-12-22(29)16-24(28)30/h12,14,18-21,23,25-26,31H,16-17H2,1-11H3/t23-,25-,26-,27+/m1/s1. The van der Waals surface area contributed by atoms with Crippen LogP contribution in [-0.2, 0) is 27.3 Å². The van der Waals surface area contributed by atoms with E-state index in [1.165, 1.54) is 17.2 Å². The number of carbonyl (C=O) groups excluding carboxylic acids is 2. The number of hydrogen-bond acceptors (Lipinski definition) is 7. The number of aliphatic hydroxyl groups is 1. The Morgan fingerprint density at radius 2 is 1.55 bits per heavy atom. The number of ketones is 1. The number of rotatable bonds is 5. The molecule has 1 N–H and O–H groups in total. The van der Waals surface area contributed by atoms with Crippen molar-refractivity contribution in [2.45, 2.75) is 128 Å². The molecule has 3 rings (SSSR count). The highest BCUT2D eigenvalue weighted by molar-refractivity contribution is 6.84. The molecule has 11 heteroatoms. The Morgan fingerprint density at radius 1 is 1.00 bits per heavy atom. The Hall–Kier alpha value is -1.11. The number of fused-ring (bicyclic) bond motifs is 1. The van der Waals surface area contributed by atoms with E-state index in [-0.39, 0.29) is 41.0 Å². The zero-order valence-corrected chi connectivity index (χ0v) is 28.0. The molecule has 214 valence electrons. The van der Waals surface area contributed by atoms with Crippen molar-refractivity contribution in [1.29, 1.82) is 0 Å².